The van der Waals surface area contributed by atoms with Crippen LogP contribution in [0.25, 0.3) is 0 Å². The highest BCUT2D eigenvalue weighted by Gasteiger charge is 2.35. The Labute approximate surface area is 168 Å². The maximum Gasteiger partial charge on any atom is 0.421 e. The fraction of sp³-hybridized carbons (Fsp3) is 0.273. The summed E-state index contributed by atoms with van der Waals surface area (Å²) in [5.74, 6) is -0.210. The summed E-state index contributed by atoms with van der Waals surface area (Å²) < 4.78 is 40.7. The van der Waals surface area contributed by atoms with Gasteiger partial charge in [0.2, 0.25) is 5.95 Å². The number of nitrogens with one attached hydrogen (secondary N) is 2. The predicted molar refractivity (Wildman–Crippen MR) is 110 cm³/mol. The molecule has 0 radical (unpaired) electrons. The number of anilines is 4. The van der Waals surface area contributed by atoms with Crippen molar-refractivity contribution in [2.24, 2.45) is 0 Å². The number of nitrogens with zero attached hydrogens (tertiary/aromatic N) is 2. The van der Waals surface area contributed by atoms with Gasteiger partial charge in [-0.2, -0.15) is 18.2 Å². The number of benzene rings is 2. The molecule has 0 unspecified atom stereocenters. The second-order valence-corrected chi connectivity index (χ2v) is 7.87. The molecule has 152 valence electrons. The van der Waals surface area contributed by atoms with Crippen LogP contribution < -0.4 is 10.6 Å². The lowest BCUT2D eigenvalue weighted by Gasteiger charge is -2.24. The van der Waals surface area contributed by atoms with Gasteiger partial charge in [-0.3, -0.25) is 0 Å². The first kappa shape index (κ1) is 20.6. The first-order valence-electron chi connectivity index (χ1n) is 9.18. The number of hydrogen-bond donors (Lipinski definition) is 2. The van der Waals surface area contributed by atoms with Crippen LogP contribution in [0.3, 0.4) is 0 Å². The molecule has 0 atom stereocenters. The van der Waals surface area contributed by atoms with Crippen LogP contribution in [0.15, 0.2) is 54.7 Å². The van der Waals surface area contributed by atoms with E-state index in [0.29, 0.717) is 11.4 Å². The molecule has 0 aliphatic heterocycles. The Kier molecular flexibility index (Phi) is 5.50. The molecule has 0 amide bonds. The fourth-order valence-electron chi connectivity index (χ4n) is 2.97. The van der Waals surface area contributed by atoms with Crippen molar-refractivity contribution >= 4 is 23.1 Å². The average Bonchev–Trinajstić information content (AvgIpc) is 2.60. The lowest BCUT2D eigenvalue weighted by atomic mass is 9.86. The predicted octanol–water partition coefficient (Wildman–Crippen LogP) is 6.59. The highest BCUT2D eigenvalue weighted by Crippen LogP contribution is 2.37. The minimum Gasteiger partial charge on any atom is -0.339 e. The Morgan fingerprint density at radius 2 is 1.59 bits per heavy atom. The van der Waals surface area contributed by atoms with Crippen molar-refractivity contribution in [2.45, 2.75) is 39.3 Å². The van der Waals surface area contributed by atoms with Crippen LogP contribution in [0.4, 0.5) is 36.3 Å². The summed E-state index contributed by atoms with van der Waals surface area (Å²) in [5.41, 5.74) is 2.00. The summed E-state index contributed by atoms with van der Waals surface area (Å²) in [4.78, 5) is 7.99. The summed E-state index contributed by atoms with van der Waals surface area (Å²) in [6.07, 6.45) is -3.78. The topological polar surface area (TPSA) is 49.8 Å². The summed E-state index contributed by atoms with van der Waals surface area (Å²) in [5, 5.41) is 5.85. The number of alkyl halides is 3. The van der Waals surface area contributed by atoms with Crippen LogP contribution >= 0.6 is 0 Å². The zero-order valence-corrected chi connectivity index (χ0v) is 16.7. The van der Waals surface area contributed by atoms with Crippen LogP contribution in [0, 0.1) is 6.92 Å². The normalized spacial score (nSPS) is 12.0. The van der Waals surface area contributed by atoms with Gasteiger partial charge in [-0.05, 0) is 41.7 Å². The second kappa shape index (κ2) is 7.73. The molecule has 0 saturated carbocycles. The van der Waals surface area contributed by atoms with E-state index >= 15 is 0 Å². The quantitative estimate of drug-likeness (QED) is 0.519. The van der Waals surface area contributed by atoms with E-state index in [-0.39, 0.29) is 17.2 Å². The zero-order chi connectivity index (χ0) is 21.2. The van der Waals surface area contributed by atoms with Crippen molar-refractivity contribution in [1.82, 2.24) is 9.97 Å². The largest absolute Gasteiger partial charge is 0.421 e. The van der Waals surface area contributed by atoms with Crippen molar-refractivity contribution in [2.75, 3.05) is 10.6 Å². The van der Waals surface area contributed by atoms with E-state index in [1.807, 2.05) is 58.0 Å². The molecule has 0 aliphatic rings. The van der Waals surface area contributed by atoms with Crippen molar-refractivity contribution < 1.29 is 13.2 Å². The van der Waals surface area contributed by atoms with Crippen LogP contribution in [0.2, 0.25) is 0 Å². The molecule has 0 fully saturated rings. The number of para-hydroxylation sites is 1. The SMILES string of the molecule is Cc1cccc(Nc2ncc(C(F)(F)F)c(Nc3ccccc3C(C)(C)C)n2)c1. The lowest BCUT2D eigenvalue weighted by Crippen LogP contribution is -2.16. The molecule has 2 N–H and O–H groups in total. The van der Waals surface area contributed by atoms with Gasteiger partial charge in [-0.25, -0.2) is 4.98 Å². The molecule has 1 aromatic heterocycles. The van der Waals surface area contributed by atoms with E-state index in [2.05, 4.69) is 20.6 Å². The monoisotopic (exact) mass is 400 g/mol. The highest BCUT2D eigenvalue weighted by atomic mass is 19.4. The molecule has 0 bridgehead atoms. The van der Waals surface area contributed by atoms with Gasteiger partial charge in [0.15, 0.2) is 0 Å². The first-order chi connectivity index (χ1) is 13.5. The lowest BCUT2D eigenvalue weighted by molar-refractivity contribution is -0.137. The van der Waals surface area contributed by atoms with Crippen molar-refractivity contribution in [3.05, 3.63) is 71.4 Å². The van der Waals surface area contributed by atoms with Gasteiger partial charge < -0.3 is 10.6 Å². The van der Waals surface area contributed by atoms with Crippen molar-refractivity contribution in [1.29, 1.82) is 0 Å². The Morgan fingerprint density at radius 3 is 2.24 bits per heavy atom. The van der Waals surface area contributed by atoms with Crippen LogP contribution in [-0.4, -0.2) is 9.97 Å². The first-order valence-corrected chi connectivity index (χ1v) is 9.18. The van der Waals surface area contributed by atoms with Crippen LogP contribution in [-0.2, 0) is 11.6 Å². The third-order valence-electron chi connectivity index (χ3n) is 4.36. The summed E-state index contributed by atoms with van der Waals surface area (Å²) >= 11 is 0. The standard InChI is InChI=1S/C22H23F3N4/c1-14-8-7-9-15(12-14)27-20-26-13-17(22(23,24)25)19(29-20)28-18-11-6-5-10-16(18)21(2,3)4/h5-13H,1-4H3,(H2,26,27,28,29). The molecule has 1 heterocycles. The van der Waals surface area contributed by atoms with Gasteiger partial charge in [0.25, 0.3) is 0 Å². The third kappa shape index (κ3) is 5.04. The van der Waals surface area contributed by atoms with Gasteiger partial charge in [-0.1, -0.05) is 51.1 Å². The molecular formula is C22H23F3N4. The molecular weight excluding hydrogens is 377 g/mol. The Morgan fingerprint density at radius 1 is 0.862 bits per heavy atom. The van der Waals surface area contributed by atoms with Gasteiger partial charge in [0, 0.05) is 17.6 Å². The maximum atomic E-state index is 13.6. The summed E-state index contributed by atoms with van der Waals surface area (Å²) in [6, 6.07) is 14.7. The molecule has 3 aromatic rings. The molecule has 3 rings (SSSR count). The minimum atomic E-state index is -4.58. The number of hydrogen-bond acceptors (Lipinski definition) is 4. The average molecular weight is 400 g/mol. The van der Waals surface area contributed by atoms with Crippen LogP contribution in [0.5, 0.6) is 0 Å². The molecule has 29 heavy (non-hydrogen) atoms. The van der Waals surface area contributed by atoms with Crippen molar-refractivity contribution in [3.8, 4) is 0 Å². The molecule has 0 aliphatic carbocycles. The van der Waals surface area contributed by atoms with Crippen molar-refractivity contribution in [3.63, 3.8) is 0 Å². The van der Waals surface area contributed by atoms with E-state index in [0.717, 1.165) is 17.3 Å². The third-order valence-corrected chi connectivity index (χ3v) is 4.36. The Bertz CT molecular complexity index is 1010. The molecule has 2 aromatic carbocycles. The Balaban J connectivity index is 2.02. The van der Waals surface area contributed by atoms with Gasteiger partial charge in [-0.15, -0.1) is 0 Å². The van der Waals surface area contributed by atoms with E-state index in [9.17, 15) is 13.2 Å². The molecule has 0 spiro atoms. The molecule has 0 saturated heterocycles. The van der Waals surface area contributed by atoms with E-state index in [4.69, 9.17) is 0 Å². The zero-order valence-electron chi connectivity index (χ0n) is 16.7. The van der Waals surface area contributed by atoms with Crippen LogP contribution in [0.1, 0.15) is 37.5 Å². The second-order valence-electron chi connectivity index (χ2n) is 7.87. The van der Waals surface area contributed by atoms with E-state index in [1.54, 1.807) is 18.2 Å². The van der Waals surface area contributed by atoms with E-state index in [1.165, 1.54) is 0 Å². The fourth-order valence-corrected chi connectivity index (χ4v) is 2.97. The number of rotatable bonds is 4. The van der Waals surface area contributed by atoms with E-state index < -0.39 is 11.7 Å². The summed E-state index contributed by atoms with van der Waals surface area (Å²) in [6.45, 7) is 7.93. The van der Waals surface area contributed by atoms with Gasteiger partial charge in [0.05, 0.1) is 0 Å². The minimum absolute atomic E-state index is 0.0827. The Hall–Kier alpha value is -3.09. The van der Waals surface area contributed by atoms with Gasteiger partial charge >= 0.3 is 6.18 Å². The number of halogens is 3. The number of aryl methyl sites for hydroxylation is 1. The van der Waals surface area contributed by atoms with Gasteiger partial charge in [0.1, 0.15) is 11.4 Å². The maximum absolute atomic E-state index is 13.6. The smallest absolute Gasteiger partial charge is 0.339 e. The molecule has 7 heteroatoms. The summed E-state index contributed by atoms with van der Waals surface area (Å²) in [7, 11) is 0. The highest BCUT2D eigenvalue weighted by molar-refractivity contribution is 5.66. The molecule has 4 nitrogen and oxygen atoms in total. The number of aromatic nitrogens is 2.